The predicted octanol–water partition coefficient (Wildman–Crippen LogP) is 3.10. The van der Waals surface area contributed by atoms with Crippen molar-refractivity contribution in [3.63, 3.8) is 0 Å². The predicted molar refractivity (Wildman–Crippen MR) is 101 cm³/mol. The molecule has 0 saturated heterocycles. The molecular weight excluding hydrogens is 371 g/mol. The first-order valence-corrected chi connectivity index (χ1v) is 9.49. The van der Waals surface area contributed by atoms with Gasteiger partial charge in [0.05, 0.1) is 23.2 Å². The Morgan fingerprint density at radius 3 is 2.67 bits per heavy atom. The van der Waals surface area contributed by atoms with Gasteiger partial charge in [-0.25, -0.2) is 4.39 Å². The molecule has 0 aromatic heterocycles. The summed E-state index contributed by atoms with van der Waals surface area (Å²) in [5.74, 6) is 0.484. The van der Waals surface area contributed by atoms with Crippen LogP contribution in [0.1, 0.15) is 18.5 Å². The van der Waals surface area contributed by atoms with E-state index in [0.717, 1.165) is 17.3 Å². The number of amides is 2. The fourth-order valence-corrected chi connectivity index (χ4v) is 3.16. The Bertz CT molecular complexity index is 846. The lowest BCUT2D eigenvalue weighted by Crippen LogP contribution is -2.28. The van der Waals surface area contributed by atoms with Gasteiger partial charge >= 0.3 is 0 Å². The van der Waals surface area contributed by atoms with E-state index in [9.17, 15) is 14.0 Å². The number of benzene rings is 2. The van der Waals surface area contributed by atoms with Crippen LogP contribution >= 0.6 is 11.8 Å². The number of halogens is 1. The van der Waals surface area contributed by atoms with E-state index >= 15 is 0 Å². The first-order chi connectivity index (χ1) is 13.0. The molecule has 0 bridgehead atoms. The molecule has 8 heteroatoms. The quantitative estimate of drug-likeness (QED) is 0.760. The van der Waals surface area contributed by atoms with Crippen molar-refractivity contribution >= 4 is 29.3 Å². The molecule has 1 heterocycles. The van der Waals surface area contributed by atoms with Crippen LogP contribution in [0.25, 0.3) is 0 Å². The van der Waals surface area contributed by atoms with E-state index in [1.165, 1.54) is 12.1 Å². The van der Waals surface area contributed by atoms with Gasteiger partial charge in [-0.15, -0.1) is 11.8 Å². The minimum absolute atomic E-state index is 0.0557. The molecule has 2 aromatic rings. The molecule has 0 saturated carbocycles. The van der Waals surface area contributed by atoms with E-state index in [2.05, 4.69) is 10.6 Å². The number of carbonyl (C=O) groups excluding carboxylic acids is 2. The highest BCUT2D eigenvalue weighted by atomic mass is 32.2. The molecule has 0 spiro atoms. The lowest BCUT2D eigenvalue weighted by Gasteiger charge is -2.14. The Morgan fingerprint density at radius 2 is 1.85 bits per heavy atom. The number of ether oxygens (including phenoxy) is 2. The highest BCUT2D eigenvalue weighted by molar-refractivity contribution is 8.00. The van der Waals surface area contributed by atoms with Crippen LogP contribution in [0.3, 0.4) is 0 Å². The zero-order valence-corrected chi connectivity index (χ0v) is 15.5. The van der Waals surface area contributed by atoms with Crippen molar-refractivity contribution in [2.24, 2.45) is 0 Å². The zero-order chi connectivity index (χ0) is 19.2. The minimum atomic E-state index is -0.494. The third-order valence-corrected chi connectivity index (χ3v) is 4.82. The van der Waals surface area contributed by atoms with Crippen molar-refractivity contribution in [1.29, 1.82) is 0 Å². The van der Waals surface area contributed by atoms with Gasteiger partial charge in [-0.05, 0) is 36.8 Å². The minimum Gasteiger partial charge on any atom is -0.454 e. The summed E-state index contributed by atoms with van der Waals surface area (Å²) in [4.78, 5) is 23.9. The molecule has 1 aliphatic rings. The number of carbonyl (C=O) groups is 2. The van der Waals surface area contributed by atoms with Crippen LogP contribution in [0.2, 0.25) is 0 Å². The standard InChI is InChI=1S/C19H19FN2O4S/c1-12(13-6-7-16-17(8-13)26-11-25-16)21-18(23)9-27-10-19(24)22-15-5-3-2-4-14(15)20/h2-8,12H,9-11H2,1H3,(H,21,23)(H,22,24)/t12-/m1/s1. The third-order valence-electron chi connectivity index (χ3n) is 3.89. The number of hydrogen-bond donors (Lipinski definition) is 2. The highest BCUT2D eigenvalue weighted by Crippen LogP contribution is 2.34. The molecule has 2 amide bonds. The molecule has 1 aliphatic heterocycles. The third kappa shape index (κ3) is 5.13. The van der Waals surface area contributed by atoms with Gasteiger partial charge in [-0.3, -0.25) is 9.59 Å². The molecule has 27 heavy (non-hydrogen) atoms. The molecule has 6 nitrogen and oxygen atoms in total. The monoisotopic (exact) mass is 390 g/mol. The van der Waals surface area contributed by atoms with Crippen LogP contribution in [0, 0.1) is 5.82 Å². The largest absolute Gasteiger partial charge is 0.454 e. The van der Waals surface area contributed by atoms with Gasteiger partial charge in [0.1, 0.15) is 5.82 Å². The zero-order valence-electron chi connectivity index (χ0n) is 14.7. The van der Waals surface area contributed by atoms with Crippen molar-refractivity contribution in [3.05, 3.63) is 53.8 Å². The molecule has 142 valence electrons. The van der Waals surface area contributed by atoms with Crippen LogP contribution in [0.15, 0.2) is 42.5 Å². The SMILES string of the molecule is C[C@@H](NC(=O)CSCC(=O)Nc1ccccc1F)c1ccc2c(c1)OCO2. The van der Waals surface area contributed by atoms with Crippen LogP contribution in [-0.4, -0.2) is 30.1 Å². The molecule has 0 aliphatic carbocycles. The van der Waals surface area contributed by atoms with Crippen molar-refractivity contribution < 1.29 is 23.5 Å². The average molecular weight is 390 g/mol. The second-order valence-corrected chi connectivity index (χ2v) is 6.91. The van der Waals surface area contributed by atoms with Crippen molar-refractivity contribution in [1.82, 2.24) is 5.32 Å². The van der Waals surface area contributed by atoms with E-state index in [-0.39, 0.29) is 41.8 Å². The van der Waals surface area contributed by atoms with Crippen molar-refractivity contribution in [3.8, 4) is 11.5 Å². The lowest BCUT2D eigenvalue weighted by atomic mass is 10.1. The van der Waals surface area contributed by atoms with E-state index in [1.54, 1.807) is 12.1 Å². The van der Waals surface area contributed by atoms with Crippen LogP contribution in [0.5, 0.6) is 11.5 Å². The maximum absolute atomic E-state index is 13.5. The molecule has 1 atom stereocenters. The second-order valence-electron chi connectivity index (χ2n) is 5.92. The number of para-hydroxylation sites is 1. The lowest BCUT2D eigenvalue weighted by molar-refractivity contribution is -0.119. The summed E-state index contributed by atoms with van der Waals surface area (Å²) in [7, 11) is 0. The topological polar surface area (TPSA) is 76.7 Å². The maximum Gasteiger partial charge on any atom is 0.234 e. The molecular formula is C19H19FN2O4S. The molecule has 0 unspecified atom stereocenters. The van der Waals surface area contributed by atoms with Crippen LogP contribution < -0.4 is 20.1 Å². The summed E-state index contributed by atoms with van der Waals surface area (Å²) in [6, 6.07) is 11.2. The van der Waals surface area contributed by atoms with Gasteiger partial charge in [0.25, 0.3) is 0 Å². The number of anilines is 1. The van der Waals surface area contributed by atoms with E-state index < -0.39 is 5.82 Å². The summed E-state index contributed by atoms with van der Waals surface area (Å²) in [5, 5.41) is 5.35. The number of nitrogens with one attached hydrogen (secondary N) is 2. The fourth-order valence-electron chi connectivity index (χ4n) is 2.53. The summed E-state index contributed by atoms with van der Waals surface area (Å²) >= 11 is 1.16. The summed E-state index contributed by atoms with van der Waals surface area (Å²) in [6.45, 7) is 2.07. The van der Waals surface area contributed by atoms with E-state index in [4.69, 9.17) is 9.47 Å². The Kier molecular flexibility index (Phi) is 6.18. The highest BCUT2D eigenvalue weighted by Gasteiger charge is 2.17. The molecule has 3 rings (SSSR count). The smallest absolute Gasteiger partial charge is 0.234 e. The molecule has 2 N–H and O–H groups in total. The molecule has 0 fully saturated rings. The van der Waals surface area contributed by atoms with Gasteiger partial charge in [0, 0.05) is 0 Å². The Morgan fingerprint density at radius 1 is 1.11 bits per heavy atom. The van der Waals surface area contributed by atoms with Crippen molar-refractivity contribution in [2.75, 3.05) is 23.6 Å². The van der Waals surface area contributed by atoms with Crippen LogP contribution in [0.4, 0.5) is 10.1 Å². The Labute approximate surface area is 160 Å². The average Bonchev–Trinajstić information content (AvgIpc) is 3.11. The maximum atomic E-state index is 13.5. The van der Waals surface area contributed by atoms with Gasteiger partial charge in [0.2, 0.25) is 18.6 Å². The van der Waals surface area contributed by atoms with E-state index in [0.29, 0.717) is 11.5 Å². The van der Waals surface area contributed by atoms with Gasteiger partial charge < -0.3 is 20.1 Å². The summed E-state index contributed by atoms with van der Waals surface area (Å²) in [6.07, 6.45) is 0. The second kappa shape index (κ2) is 8.77. The van der Waals surface area contributed by atoms with E-state index in [1.807, 2.05) is 25.1 Å². The molecule has 2 aromatic carbocycles. The first-order valence-electron chi connectivity index (χ1n) is 8.34. The number of fused-ring (bicyclic) bond motifs is 1. The van der Waals surface area contributed by atoms with Crippen LogP contribution in [-0.2, 0) is 9.59 Å². The normalized spacial score (nSPS) is 13.1. The van der Waals surface area contributed by atoms with Crippen molar-refractivity contribution in [2.45, 2.75) is 13.0 Å². The Hall–Kier alpha value is -2.74. The van der Waals surface area contributed by atoms with Gasteiger partial charge in [-0.2, -0.15) is 0 Å². The molecule has 0 radical (unpaired) electrons. The number of hydrogen-bond acceptors (Lipinski definition) is 5. The first kappa shape index (κ1) is 19.0. The summed E-state index contributed by atoms with van der Waals surface area (Å²) < 4.78 is 24.1. The van der Waals surface area contributed by atoms with Gasteiger partial charge in [-0.1, -0.05) is 18.2 Å². The fraction of sp³-hybridized carbons (Fsp3) is 0.263. The number of rotatable bonds is 7. The Balaban J connectivity index is 1.41. The number of thioether (sulfide) groups is 1. The van der Waals surface area contributed by atoms with Gasteiger partial charge in [0.15, 0.2) is 11.5 Å². The summed E-state index contributed by atoms with van der Waals surface area (Å²) in [5.41, 5.74) is 1.03.